The van der Waals surface area contributed by atoms with E-state index in [-0.39, 0.29) is 10.3 Å². The molecule has 0 saturated carbocycles. The number of aliphatic imine (C=N–C) groups is 1. The molecule has 0 unspecified atom stereocenters. The monoisotopic (exact) mass is 592 g/mol. The number of benzene rings is 3. The molecule has 0 spiro atoms. The third kappa shape index (κ3) is 8.12. The summed E-state index contributed by atoms with van der Waals surface area (Å²) < 4.78 is 41.5. The van der Waals surface area contributed by atoms with E-state index in [9.17, 15) is 13.2 Å². The van der Waals surface area contributed by atoms with Gasteiger partial charge in [0, 0.05) is 17.2 Å². The summed E-state index contributed by atoms with van der Waals surface area (Å²) in [6.07, 6.45) is -2.01. The fraction of sp³-hybridized carbons (Fsp3) is 0.294. The second-order valence-corrected chi connectivity index (χ2v) is 18.0. The third-order valence-electron chi connectivity index (χ3n) is 6.68. The Balaban J connectivity index is 1.78. The summed E-state index contributed by atoms with van der Waals surface area (Å²) in [4.78, 5) is 9.54. The largest absolute Gasteiger partial charge is 0.416 e. The lowest BCUT2D eigenvalue weighted by Crippen LogP contribution is -2.26. The number of hydrogen-bond donors (Lipinski definition) is 0. The van der Waals surface area contributed by atoms with E-state index in [0.717, 1.165) is 39.9 Å². The van der Waals surface area contributed by atoms with Crippen LogP contribution in [-0.2, 0) is 12.3 Å². The van der Waals surface area contributed by atoms with Crippen molar-refractivity contribution in [1.29, 1.82) is 0 Å². The summed E-state index contributed by atoms with van der Waals surface area (Å²) in [5.41, 5.74) is 1.20. The van der Waals surface area contributed by atoms with Gasteiger partial charge in [-0.3, -0.25) is 9.98 Å². The highest BCUT2D eigenvalue weighted by Gasteiger charge is 2.34. The zero-order chi connectivity index (χ0) is 29.8. The minimum absolute atomic E-state index is 0.151. The summed E-state index contributed by atoms with van der Waals surface area (Å²) in [6, 6.07) is 29.6. The van der Waals surface area contributed by atoms with Gasteiger partial charge in [0.15, 0.2) is 0 Å². The first-order chi connectivity index (χ1) is 19.2. The van der Waals surface area contributed by atoms with Gasteiger partial charge in [0.2, 0.25) is 0 Å². The van der Waals surface area contributed by atoms with Crippen LogP contribution in [0.3, 0.4) is 0 Å². The molecule has 2 nitrogen and oxygen atoms in total. The van der Waals surface area contributed by atoms with Crippen LogP contribution < -0.4 is 15.9 Å². The molecule has 3 aromatic carbocycles. The molecule has 0 amide bonds. The normalized spacial score (nSPS) is 13.0. The highest BCUT2D eigenvalue weighted by Crippen LogP contribution is 2.61. The van der Waals surface area contributed by atoms with Crippen molar-refractivity contribution in [2.24, 2.45) is 4.99 Å². The molecule has 0 N–H and O–H groups in total. The standard InChI is InChI=1S/C34H37F3N2P2/c1-32(2,3)40(33(4,5)6)24-27-15-13-14-26(39-27)23-38-30-22-25(34(35,36)37)20-21-31(30)41(28-16-9-7-10-17-28)29-18-11-8-12-19-29/h7-23H,24H2,1-6H3/b38-23+. The molecular weight excluding hydrogens is 555 g/mol. The van der Waals surface area contributed by atoms with Gasteiger partial charge < -0.3 is 0 Å². The maximum absolute atomic E-state index is 13.8. The minimum atomic E-state index is -4.47. The van der Waals surface area contributed by atoms with Crippen molar-refractivity contribution >= 4 is 43.7 Å². The average molecular weight is 593 g/mol. The number of hydrogen-bond acceptors (Lipinski definition) is 2. The lowest BCUT2D eigenvalue weighted by molar-refractivity contribution is -0.137. The molecule has 0 aliphatic rings. The van der Waals surface area contributed by atoms with Gasteiger partial charge in [-0.15, -0.1) is 0 Å². The van der Waals surface area contributed by atoms with Gasteiger partial charge in [0.05, 0.1) is 23.2 Å². The zero-order valence-corrected chi connectivity index (χ0v) is 26.2. The molecule has 1 heterocycles. The lowest BCUT2D eigenvalue weighted by atomic mass is 10.2. The maximum Gasteiger partial charge on any atom is 0.416 e. The van der Waals surface area contributed by atoms with Crippen LogP contribution >= 0.6 is 15.8 Å². The molecule has 0 aliphatic carbocycles. The molecule has 0 fully saturated rings. The molecule has 0 saturated heterocycles. The van der Waals surface area contributed by atoms with Crippen LogP contribution in [0.4, 0.5) is 18.9 Å². The number of alkyl halides is 3. The first-order valence-electron chi connectivity index (χ1n) is 13.6. The van der Waals surface area contributed by atoms with Gasteiger partial charge in [0.25, 0.3) is 0 Å². The zero-order valence-electron chi connectivity index (χ0n) is 24.4. The Morgan fingerprint density at radius 2 is 1.27 bits per heavy atom. The summed E-state index contributed by atoms with van der Waals surface area (Å²) in [5, 5.41) is 3.16. The molecule has 41 heavy (non-hydrogen) atoms. The topological polar surface area (TPSA) is 25.2 Å². The van der Waals surface area contributed by atoms with Crippen molar-refractivity contribution in [3.05, 3.63) is 114 Å². The van der Waals surface area contributed by atoms with Crippen LogP contribution in [0.2, 0.25) is 0 Å². The van der Waals surface area contributed by atoms with Crippen LogP contribution in [0.5, 0.6) is 0 Å². The molecule has 1 aromatic heterocycles. The van der Waals surface area contributed by atoms with Crippen molar-refractivity contribution in [1.82, 2.24) is 4.98 Å². The quantitative estimate of drug-likeness (QED) is 0.155. The summed E-state index contributed by atoms with van der Waals surface area (Å²) in [5.74, 6) is 0. The van der Waals surface area contributed by atoms with E-state index in [4.69, 9.17) is 4.98 Å². The van der Waals surface area contributed by atoms with E-state index in [2.05, 4.69) is 46.5 Å². The Morgan fingerprint density at radius 3 is 1.78 bits per heavy atom. The van der Waals surface area contributed by atoms with E-state index in [1.165, 1.54) is 0 Å². The summed E-state index contributed by atoms with van der Waals surface area (Å²) in [6.45, 7) is 13.7. The number of rotatable bonds is 7. The summed E-state index contributed by atoms with van der Waals surface area (Å²) in [7, 11) is -1.54. The number of halogens is 3. The first kappa shape index (κ1) is 31.1. The van der Waals surface area contributed by atoms with E-state index < -0.39 is 27.6 Å². The van der Waals surface area contributed by atoms with Crippen LogP contribution in [0, 0.1) is 0 Å². The van der Waals surface area contributed by atoms with Gasteiger partial charge in [-0.05, 0) is 53.1 Å². The molecule has 4 rings (SSSR count). The minimum Gasteiger partial charge on any atom is -0.254 e. The highest BCUT2D eigenvalue weighted by molar-refractivity contribution is 7.80. The third-order valence-corrected chi connectivity index (χ3v) is 13.0. The fourth-order valence-corrected chi connectivity index (χ4v) is 10.8. The molecule has 7 heteroatoms. The molecule has 0 bridgehead atoms. The number of nitrogens with zero attached hydrogens (tertiary/aromatic N) is 2. The molecule has 0 aliphatic heterocycles. The molecule has 0 atom stereocenters. The van der Waals surface area contributed by atoms with Crippen LogP contribution in [-0.4, -0.2) is 21.5 Å². The fourth-order valence-electron chi connectivity index (χ4n) is 5.01. The van der Waals surface area contributed by atoms with Crippen LogP contribution in [0.25, 0.3) is 0 Å². The van der Waals surface area contributed by atoms with Crippen molar-refractivity contribution < 1.29 is 13.2 Å². The predicted molar refractivity (Wildman–Crippen MR) is 172 cm³/mol. The van der Waals surface area contributed by atoms with Crippen molar-refractivity contribution in [3.8, 4) is 0 Å². The van der Waals surface area contributed by atoms with Crippen LogP contribution in [0.1, 0.15) is 58.5 Å². The smallest absolute Gasteiger partial charge is 0.254 e. The van der Waals surface area contributed by atoms with Crippen molar-refractivity contribution in [3.63, 3.8) is 0 Å². The van der Waals surface area contributed by atoms with Crippen molar-refractivity contribution in [2.75, 3.05) is 0 Å². The Labute approximate surface area is 244 Å². The lowest BCUT2D eigenvalue weighted by Gasteiger charge is -2.41. The average Bonchev–Trinajstić information content (AvgIpc) is 2.91. The Hall–Kier alpha value is -2.87. The highest BCUT2D eigenvalue weighted by atomic mass is 31.1. The molecule has 0 radical (unpaired) electrons. The van der Waals surface area contributed by atoms with Gasteiger partial charge in [0.1, 0.15) is 0 Å². The SMILES string of the molecule is CC(C)(C)P(Cc1cccc(/C=N/c2cc(C(F)(F)F)ccc2P(c2ccccc2)c2ccccc2)n1)C(C)(C)C. The van der Waals surface area contributed by atoms with E-state index in [1.807, 2.05) is 78.9 Å². The Kier molecular flexibility index (Phi) is 9.52. The number of aromatic nitrogens is 1. The molecule has 4 aromatic rings. The second-order valence-electron chi connectivity index (χ2n) is 11.9. The maximum atomic E-state index is 13.8. The van der Waals surface area contributed by atoms with E-state index in [1.54, 1.807) is 12.3 Å². The Morgan fingerprint density at radius 1 is 0.707 bits per heavy atom. The van der Waals surface area contributed by atoms with Crippen LogP contribution in [0.15, 0.2) is 102 Å². The van der Waals surface area contributed by atoms with Gasteiger partial charge >= 0.3 is 6.18 Å². The van der Waals surface area contributed by atoms with Gasteiger partial charge in [-0.2, -0.15) is 13.2 Å². The van der Waals surface area contributed by atoms with Gasteiger partial charge in [-0.1, -0.05) is 122 Å². The Bertz CT molecular complexity index is 1420. The second kappa shape index (κ2) is 12.6. The van der Waals surface area contributed by atoms with E-state index in [0.29, 0.717) is 11.4 Å². The molecular formula is C34H37F3N2P2. The van der Waals surface area contributed by atoms with Crippen molar-refractivity contribution in [2.45, 2.75) is 64.2 Å². The predicted octanol–water partition coefficient (Wildman–Crippen LogP) is 9.19. The van der Waals surface area contributed by atoms with Gasteiger partial charge in [-0.25, -0.2) is 0 Å². The summed E-state index contributed by atoms with van der Waals surface area (Å²) >= 11 is 0. The first-order valence-corrected chi connectivity index (χ1v) is 16.5. The van der Waals surface area contributed by atoms with E-state index >= 15 is 0 Å². The molecule has 214 valence electrons. The number of pyridine rings is 1.